The largest absolute Gasteiger partial charge is 0.496 e. The van der Waals surface area contributed by atoms with Gasteiger partial charge in [-0.15, -0.1) is 0 Å². The summed E-state index contributed by atoms with van der Waals surface area (Å²) in [4.78, 5) is 17.7. The quantitative estimate of drug-likeness (QED) is 0.809. The van der Waals surface area contributed by atoms with Gasteiger partial charge in [-0.1, -0.05) is 24.6 Å². The van der Waals surface area contributed by atoms with Crippen molar-refractivity contribution in [2.75, 3.05) is 21.3 Å². The molecule has 0 bridgehead atoms. The molecule has 28 heavy (non-hydrogen) atoms. The standard InChI is InChI=1S/C20H25N3O4S/c1-11-21-19-17(20(24)22-23(19)12-7-5-6-8-12)18(28-11)16-14(26-3)9-13(25-2)10-15(16)27-4/h9-10,12,18H,5-8H2,1-4H3,(H,22,24). The van der Waals surface area contributed by atoms with Crippen LogP contribution in [0.1, 0.15) is 55.0 Å². The number of aromatic amines is 1. The Bertz CT molecular complexity index is 947. The number of methoxy groups -OCH3 is 3. The summed E-state index contributed by atoms with van der Waals surface area (Å²) < 4.78 is 18.6. The van der Waals surface area contributed by atoms with E-state index in [1.54, 1.807) is 33.1 Å². The molecule has 0 saturated heterocycles. The molecule has 1 saturated carbocycles. The zero-order valence-corrected chi connectivity index (χ0v) is 17.4. The van der Waals surface area contributed by atoms with Crippen LogP contribution >= 0.6 is 11.8 Å². The van der Waals surface area contributed by atoms with Gasteiger partial charge in [0.1, 0.15) is 17.2 Å². The third-order valence-electron chi connectivity index (χ3n) is 5.45. The lowest BCUT2D eigenvalue weighted by Gasteiger charge is -2.25. The zero-order valence-electron chi connectivity index (χ0n) is 16.6. The molecule has 150 valence electrons. The van der Waals surface area contributed by atoms with Crippen LogP contribution in [0.4, 0.5) is 5.82 Å². The zero-order chi connectivity index (χ0) is 19.8. The summed E-state index contributed by atoms with van der Waals surface area (Å²) in [5, 5.41) is 3.69. The minimum absolute atomic E-state index is 0.101. The molecule has 1 atom stereocenters. The summed E-state index contributed by atoms with van der Waals surface area (Å²) in [6.45, 7) is 1.97. The molecular formula is C20H25N3O4S. The average molecular weight is 404 g/mol. The van der Waals surface area contributed by atoms with Gasteiger partial charge in [0.2, 0.25) is 0 Å². The maximum Gasteiger partial charge on any atom is 0.271 e. The van der Waals surface area contributed by atoms with Crippen LogP contribution in [0, 0.1) is 0 Å². The van der Waals surface area contributed by atoms with Crippen LogP contribution in [0.3, 0.4) is 0 Å². The van der Waals surface area contributed by atoms with Crippen LogP contribution in [0.25, 0.3) is 0 Å². The van der Waals surface area contributed by atoms with Crippen LogP contribution < -0.4 is 19.8 Å². The Labute approximate surface area is 168 Å². The van der Waals surface area contributed by atoms with Crippen molar-refractivity contribution < 1.29 is 14.2 Å². The molecule has 0 spiro atoms. The van der Waals surface area contributed by atoms with E-state index < -0.39 is 0 Å². The van der Waals surface area contributed by atoms with Crippen LogP contribution in [0.2, 0.25) is 0 Å². The van der Waals surface area contributed by atoms with Crippen molar-refractivity contribution in [2.45, 2.75) is 43.9 Å². The topological polar surface area (TPSA) is 77.8 Å². The normalized spacial score (nSPS) is 19.3. The molecule has 1 aliphatic heterocycles. The SMILES string of the molecule is COc1cc(OC)c(C2SC(C)=Nc3c2c(=O)[nH]n3C2CCCC2)c(OC)c1. The van der Waals surface area contributed by atoms with E-state index in [1.807, 2.05) is 23.7 Å². The van der Waals surface area contributed by atoms with Gasteiger partial charge >= 0.3 is 0 Å². The Hall–Kier alpha value is -2.35. The number of benzene rings is 1. The molecule has 1 aliphatic carbocycles. The van der Waals surface area contributed by atoms with E-state index in [9.17, 15) is 4.79 Å². The van der Waals surface area contributed by atoms with E-state index in [4.69, 9.17) is 19.2 Å². The fourth-order valence-electron chi connectivity index (χ4n) is 4.13. The highest BCUT2D eigenvalue weighted by Crippen LogP contribution is 2.51. The molecule has 2 aliphatic rings. The number of rotatable bonds is 5. The second kappa shape index (κ2) is 7.58. The van der Waals surface area contributed by atoms with Gasteiger partial charge in [0.15, 0.2) is 5.82 Å². The number of nitrogens with one attached hydrogen (secondary N) is 1. The Morgan fingerprint density at radius 3 is 2.29 bits per heavy atom. The van der Waals surface area contributed by atoms with E-state index in [0.29, 0.717) is 28.9 Å². The van der Waals surface area contributed by atoms with Crippen LogP contribution in [0.15, 0.2) is 21.9 Å². The summed E-state index contributed by atoms with van der Waals surface area (Å²) in [5.74, 6) is 2.63. The van der Waals surface area contributed by atoms with Crippen molar-refractivity contribution in [3.05, 3.63) is 33.6 Å². The lowest BCUT2D eigenvalue weighted by Crippen LogP contribution is -2.15. The number of aliphatic imine (C=N–C) groups is 1. The number of hydrogen-bond acceptors (Lipinski definition) is 6. The van der Waals surface area contributed by atoms with Crippen molar-refractivity contribution in [2.24, 2.45) is 4.99 Å². The average Bonchev–Trinajstić information content (AvgIpc) is 3.34. The van der Waals surface area contributed by atoms with Crippen LogP contribution in [-0.4, -0.2) is 36.2 Å². The number of nitrogens with zero attached hydrogens (tertiary/aromatic N) is 2. The summed E-state index contributed by atoms with van der Waals surface area (Å²) in [5.41, 5.74) is 1.38. The van der Waals surface area contributed by atoms with Gasteiger partial charge in [-0.25, -0.2) is 4.99 Å². The van der Waals surface area contributed by atoms with Crippen molar-refractivity contribution in [3.63, 3.8) is 0 Å². The van der Waals surface area contributed by atoms with Crippen molar-refractivity contribution in [1.29, 1.82) is 0 Å². The molecule has 1 N–H and O–H groups in total. The summed E-state index contributed by atoms with van der Waals surface area (Å²) in [6, 6.07) is 3.94. The van der Waals surface area contributed by atoms with Gasteiger partial charge < -0.3 is 14.2 Å². The van der Waals surface area contributed by atoms with E-state index in [1.165, 1.54) is 12.8 Å². The molecule has 1 aromatic heterocycles. The van der Waals surface area contributed by atoms with Crippen LogP contribution in [-0.2, 0) is 0 Å². The highest BCUT2D eigenvalue weighted by Gasteiger charge is 2.36. The second-order valence-corrected chi connectivity index (χ2v) is 8.36. The van der Waals surface area contributed by atoms with Gasteiger partial charge in [-0.2, -0.15) is 0 Å². The fourth-order valence-corrected chi connectivity index (χ4v) is 5.29. The Kier molecular flexibility index (Phi) is 5.14. The molecule has 2 aromatic rings. The number of fused-ring (bicyclic) bond motifs is 1. The molecule has 0 amide bonds. The molecule has 4 rings (SSSR count). The minimum Gasteiger partial charge on any atom is -0.496 e. The fraction of sp³-hybridized carbons (Fsp3) is 0.500. The molecule has 1 unspecified atom stereocenters. The lowest BCUT2D eigenvalue weighted by atomic mass is 10.0. The van der Waals surface area contributed by atoms with E-state index in [0.717, 1.165) is 29.3 Å². The highest BCUT2D eigenvalue weighted by atomic mass is 32.2. The summed E-state index contributed by atoms with van der Waals surface area (Å²) in [7, 11) is 4.83. The maximum atomic E-state index is 13.0. The van der Waals surface area contributed by atoms with E-state index in [2.05, 4.69) is 5.10 Å². The summed E-state index contributed by atoms with van der Waals surface area (Å²) >= 11 is 1.54. The predicted octanol–water partition coefficient (Wildman–Crippen LogP) is 4.20. The molecule has 1 fully saturated rings. The van der Waals surface area contributed by atoms with E-state index in [-0.39, 0.29) is 10.8 Å². The van der Waals surface area contributed by atoms with Gasteiger partial charge in [0.25, 0.3) is 5.56 Å². The molecule has 2 heterocycles. The molecular weight excluding hydrogens is 378 g/mol. The Morgan fingerprint density at radius 2 is 1.71 bits per heavy atom. The number of hydrogen-bond donors (Lipinski definition) is 1. The van der Waals surface area contributed by atoms with Crippen LogP contribution in [0.5, 0.6) is 17.2 Å². The first-order valence-corrected chi connectivity index (χ1v) is 10.3. The van der Waals surface area contributed by atoms with Crippen molar-refractivity contribution >= 4 is 22.6 Å². The highest BCUT2D eigenvalue weighted by molar-refractivity contribution is 8.14. The monoisotopic (exact) mass is 403 g/mol. The predicted molar refractivity (Wildman–Crippen MR) is 111 cm³/mol. The second-order valence-electron chi connectivity index (χ2n) is 7.06. The molecule has 0 radical (unpaired) electrons. The van der Waals surface area contributed by atoms with Gasteiger partial charge in [-0.3, -0.25) is 14.6 Å². The van der Waals surface area contributed by atoms with E-state index >= 15 is 0 Å². The summed E-state index contributed by atoms with van der Waals surface area (Å²) in [6.07, 6.45) is 4.50. The maximum absolute atomic E-state index is 13.0. The number of thioether (sulfide) groups is 1. The number of aromatic nitrogens is 2. The Morgan fingerprint density at radius 1 is 1.07 bits per heavy atom. The molecule has 8 heteroatoms. The lowest BCUT2D eigenvalue weighted by molar-refractivity contribution is 0.369. The first-order valence-electron chi connectivity index (χ1n) is 9.43. The van der Waals surface area contributed by atoms with Crippen molar-refractivity contribution in [1.82, 2.24) is 9.78 Å². The van der Waals surface area contributed by atoms with Gasteiger partial charge in [0.05, 0.1) is 48.8 Å². The first-order chi connectivity index (χ1) is 13.6. The van der Waals surface area contributed by atoms with Gasteiger partial charge in [-0.05, 0) is 19.8 Å². The molecule has 7 nitrogen and oxygen atoms in total. The first kappa shape index (κ1) is 19.0. The minimum atomic E-state index is -0.269. The third-order valence-corrected chi connectivity index (χ3v) is 6.59. The van der Waals surface area contributed by atoms with Gasteiger partial charge in [0, 0.05) is 12.1 Å². The van der Waals surface area contributed by atoms with Crippen molar-refractivity contribution in [3.8, 4) is 17.2 Å². The number of H-pyrrole nitrogens is 1. The third kappa shape index (κ3) is 3.09. The smallest absolute Gasteiger partial charge is 0.271 e. The number of ether oxygens (including phenoxy) is 3. The molecule has 1 aromatic carbocycles. The Balaban J connectivity index is 1.90.